The topological polar surface area (TPSA) is 82.0 Å². The molecule has 0 amide bonds. The predicted molar refractivity (Wildman–Crippen MR) is 43.7 cm³/mol. The van der Waals surface area contributed by atoms with Crippen LogP contribution in [0.15, 0.2) is 12.3 Å². The summed E-state index contributed by atoms with van der Waals surface area (Å²) < 4.78 is 24.5. The highest BCUT2D eigenvalue weighted by atomic mass is 19.3. The minimum Gasteiger partial charge on any atom is -0.326 e. The van der Waals surface area contributed by atoms with Crippen LogP contribution in [0.25, 0.3) is 0 Å². The molecule has 0 aliphatic rings. The minimum atomic E-state index is -2.77. The van der Waals surface area contributed by atoms with E-state index in [0.717, 1.165) is 12.3 Å². The van der Waals surface area contributed by atoms with Crippen molar-refractivity contribution in [3.8, 4) is 0 Å². The second-order valence-electron chi connectivity index (χ2n) is 2.50. The van der Waals surface area contributed by atoms with E-state index in [2.05, 4.69) is 4.98 Å². The Kier molecular flexibility index (Phi) is 3.03. The van der Waals surface area contributed by atoms with E-state index in [1.807, 2.05) is 0 Å². The maximum absolute atomic E-state index is 12.3. The summed E-state index contributed by atoms with van der Waals surface area (Å²) >= 11 is 0. The van der Waals surface area contributed by atoms with Gasteiger partial charge >= 0.3 is 0 Å². The summed E-state index contributed by atoms with van der Waals surface area (Å²) in [7, 11) is 0. The van der Waals surface area contributed by atoms with E-state index in [1.54, 1.807) is 0 Å². The quantitative estimate of drug-likeness (QED) is 0.594. The SMILES string of the molecule is NCc1cc([N+](=O)[O-])cnc1C(F)F. The molecule has 0 aliphatic heterocycles. The lowest BCUT2D eigenvalue weighted by Gasteiger charge is -2.04. The summed E-state index contributed by atoms with van der Waals surface area (Å²) in [4.78, 5) is 12.9. The van der Waals surface area contributed by atoms with E-state index < -0.39 is 17.0 Å². The maximum atomic E-state index is 12.3. The van der Waals surface area contributed by atoms with Crippen molar-refractivity contribution in [3.05, 3.63) is 33.6 Å². The molecular formula is C7H7F2N3O2. The number of rotatable bonds is 3. The molecule has 0 atom stereocenters. The molecule has 1 aromatic rings. The van der Waals surface area contributed by atoms with Crippen LogP contribution in [0.4, 0.5) is 14.5 Å². The van der Waals surface area contributed by atoms with Gasteiger partial charge in [0.05, 0.1) is 4.92 Å². The van der Waals surface area contributed by atoms with Gasteiger partial charge in [0.15, 0.2) is 0 Å². The number of halogens is 2. The molecule has 0 aliphatic carbocycles. The van der Waals surface area contributed by atoms with E-state index in [4.69, 9.17) is 5.73 Å². The summed E-state index contributed by atoms with van der Waals surface area (Å²) in [5.74, 6) is 0. The van der Waals surface area contributed by atoms with Crippen LogP contribution in [-0.2, 0) is 6.54 Å². The first-order chi connectivity index (χ1) is 6.56. The van der Waals surface area contributed by atoms with Crippen molar-refractivity contribution in [3.63, 3.8) is 0 Å². The van der Waals surface area contributed by atoms with E-state index >= 15 is 0 Å². The standard InChI is InChI=1S/C7H7F2N3O2/c8-7(9)6-4(2-10)1-5(3-11-6)12(13)14/h1,3,7H,2,10H2. The number of aromatic nitrogens is 1. The Labute approximate surface area is 77.7 Å². The summed E-state index contributed by atoms with van der Waals surface area (Å²) in [6.07, 6.45) is -1.98. The van der Waals surface area contributed by atoms with Crippen LogP contribution in [0.3, 0.4) is 0 Å². The third-order valence-electron chi connectivity index (χ3n) is 1.62. The number of pyridine rings is 1. The van der Waals surface area contributed by atoms with E-state index in [-0.39, 0.29) is 17.8 Å². The highest BCUT2D eigenvalue weighted by molar-refractivity contribution is 5.34. The Morgan fingerprint density at radius 2 is 2.29 bits per heavy atom. The van der Waals surface area contributed by atoms with E-state index in [0.29, 0.717) is 0 Å². The molecule has 2 N–H and O–H groups in total. The Hall–Kier alpha value is -1.63. The van der Waals surface area contributed by atoms with Crippen molar-refractivity contribution in [2.75, 3.05) is 0 Å². The zero-order chi connectivity index (χ0) is 10.7. The van der Waals surface area contributed by atoms with Gasteiger partial charge in [0.1, 0.15) is 11.9 Å². The normalized spacial score (nSPS) is 10.6. The highest BCUT2D eigenvalue weighted by Gasteiger charge is 2.17. The van der Waals surface area contributed by atoms with Crippen molar-refractivity contribution in [1.29, 1.82) is 0 Å². The third kappa shape index (κ3) is 1.99. The average Bonchev–Trinajstić information content (AvgIpc) is 2.16. The van der Waals surface area contributed by atoms with E-state index in [1.165, 1.54) is 0 Å². The van der Waals surface area contributed by atoms with Crippen LogP contribution >= 0.6 is 0 Å². The predicted octanol–water partition coefficient (Wildman–Crippen LogP) is 1.39. The van der Waals surface area contributed by atoms with E-state index in [9.17, 15) is 18.9 Å². The van der Waals surface area contributed by atoms with Crippen LogP contribution in [0.2, 0.25) is 0 Å². The summed E-state index contributed by atoms with van der Waals surface area (Å²) in [5, 5.41) is 10.3. The molecule has 7 heteroatoms. The Balaban J connectivity index is 3.18. The lowest BCUT2D eigenvalue weighted by atomic mass is 10.2. The minimum absolute atomic E-state index is 0.00537. The van der Waals surface area contributed by atoms with Gasteiger partial charge in [-0.05, 0) is 5.56 Å². The van der Waals surface area contributed by atoms with Crippen molar-refractivity contribution in [1.82, 2.24) is 4.98 Å². The first-order valence-electron chi connectivity index (χ1n) is 3.67. The Morgan fingerprint density at radius 1 is 1.64 bits per heavy atom. The van der Waals surface area contributed by atoms with Gasteiger partial charge in [-0.2, -0.15) is 0 Å². The molecule has 0 radical (unpaired) electrons. The van der Waals surface area contributed by atoms with Crippen LogP contribution in [0, 0.1) is 10.1 Å². The molecule has 0 aromatic carbocycles. The monoisotopic (exact) mass is 203 g/mol. The highest BCUT2D eigenvalue weighted by Crippen LogP contribution is 2.23. The number of nitrogens with zero attached hydrogens (tertiary/aromatic N) is 2. The lowest BCUT2D eigenvalue weighted by Crippen LogP contribution is -2.05. The number of alkyl halides is 2. The summed E-state index contributed by atoms with van der Waals surface area (Å²) in [6.45, 7) is -0.200. The second-order valence-corrected chi connectivity index (χ2v) is 2.50. The molecule has 0 spiro atoms. The van der Waals surface area contributed by atoms with Crippen LogP contribution in [0.1, 0.15) is 17.7 Å². The zero-order valence-electron chi connectivity index (χ0n) is 6.98. The van der Waals surface area contributed by atoms with Gasteiger partial charge in [-0.1, -0.05) is 0 Å². The van der Waals surface area contributed by atoms with Gasteiger partial charge in [-0.3, -0.25) is 10.1 Å². The average molecular weight is 203 g/mol. The van der Waals surface area contributed by atoms with Gasteiger partial charge in [-0.25, -0.2) is 13.8 Å². The first kappa shape index (κ1) is 10.5. The fourth-order valence-corrected chi connectivity index (χ4v) is 0.968. The molecule has 0 saturated heterocycles. The summed E-state index contributed by atoms with van der Waals surface area (Å²) in [5.41, 5.74) is 4.32. The van der Waals surface area contributed by atoms with Gasteiger partial charge in [0.2, 0.25) is 0 Å². The number of nitro groups is 1. The molecule has 14 heavy (non-hydrogen) atoms. The van der Waals surface area contributed by atoms with Crippen LogP contribution in [-0.4, -0.2) is 9.91 Å². The molecular weight excluding hydrogens is 196 g/mol. The van der Waals surface area contributed by atoms with Crippen molar-refractivity contribution in [2.24, 2.45) is 5.73 Å². The number of nitrogens with two attached hydrogens (primary N) is 1. The fourth-order valence-electron chi connectivity index (χ4n) is 0.968. The van der Waals surface area contributed by atoms with Crippen molar-refractivity contribution in [2.45, 2.75) is 13.0 Å². The molecule has 5 nitrogen and oxygen atoms in total. The smallest absolute Gasteiger partial charge is 0.287 e. The molecule has 1 aromatic heterocycles. The molecule has 1 rings (SSSR count). The van der Waals surface area contributed by atoms with Crippen molar-refractivity contribution < 1.29 is 13.7 Å². The molecule has 76 valence electrons. The zero-order valence-corrected chi connectivity index (χ0v) is 6.98. The Morgan fingerprint density at radius 3 is 2.71 bits per heavy atom. The first-order valence-corrected chi connectivity index (χ1v) is 3.67. The summed E-state index contributed by atoms with van der Waals surface area (Å²) in [6, 6.07) is 1.01. The van der Waals surface area contributed by atoms with Crippen LogP contribution < -0.4 is 5.73 Å². The maximum Gasteiger partial charge on any atom is 0.287 e. The fraction of sp³-hybridized carbons (Fsp3) is 0.286. The molecule has 0 unspecified atom stereocenters. The van der Waals surface area contributed by atoms with Gasteiger partial charge in [0, 0.05) is 12.6 Å². The van der Waals surface area contributed by atoms with Gasteiger partial charge in [-0.15, -0.1) is 0 Å². The Bertz CT molecular complexity index is 357. The van der Waals surface area contributed by atoms with Gasteiger partial charge in [0.25, 0.3) is 12.1 Å². The third-order valence-corrected chi connectivity index (χ3v) is 1.62. The lowest BCUT2D eigenvalue weighted by molar-refractivity contribution is -0.385. The molecule has 0 bridgehead atoms. The largest absolute Gasteiger partial charge is 0.326 e. The second kappa shape index (κ2) is 4.05. The number of hydrogen-bond donors (Lipinski definition) is 1. The molecule has 0 fully saturated rings. The van der Waals surface area contributed by atoms with Crippen LogP contribution in [0.5, 0.6) is 0 Å². The molecule has 0 saturated carbocycles. The molecule has 1 heterocycles. The van der Waals surface area contributed by atoms with Gasteiger partial charge < -0.3 is 5.73 Å². The number of hydrogen-bond acceptors (Lipinski definition) is 4. The van der Waals surface area contributed by atoms with Crippen molar-refractivity contribution >= 4 is 5.69 Å².